The van der Waals surface area contributed by atoms with Crippen LogP contribution in [0.15, 0.2) is 48.6 Å². The molecular formula is C14H10O5. The Bertz CT molecular complexity index is 673. The molecule has 2 aromatic carbocycles. The minimum atomic E-state index is -1.24. The molecule has 0 aliphatic rings. The lowest BCUT2D eigenvalue weighted by Gasteiger charge is -2.06. The van der Waals surface area contributed by atoms with E-state index in [4.69, 9.17) is 9.84 Å². The lowest BCUT2D eigenvalue weighted by molar-refractivity contribution is -0.133. The second-order valence-electron chi connectivity index (χ2n) is 3.76. The number of carboxylic acid groups (broad SMARTS) is 1. The first-order valence-corrected chi connectivity index (χ1v) is 5.41. The fourth-order valence-electron chi connectivity index (χ4n) is 1.63. The molecule has 2 aromatic rings. The second-order valence-corrected chi connectivity index (χ2v) is 3.76. The number of carbonyl (C=O) groups excluding carboxylic acids is 1. The Morgan fingerprint density at radius 1 is 1.11 bits per heavy atom. The third kappa shape index (κ3) is 3.10. The minimum Gasteiger partial charge on any atom is -0.508 e. The van der Waals surface area contributed by atoms with Gasteiger partial charge in [-0.1, -0.05) is 24.3 Å². The molecule has 0 heterocycles. The van der Waals surface area contributed by atoms with Crippen molar-refractivity contribution in [2.45, 2.75) is 0 Å². The van der Waals surface area contributed by atoms with E-state index >= 15 is 0 Å². The van der Waals surface area contributed by atoms with Crippen LogP contribution in [0.2, 0.25) is 0 Å². The van der Waals surface area contributed by atoms with Gasteiger partial charge in [0.05, 0.1) is 0 Å². The fourth-order valence-corrected chi connectivity index (χ4v) is 1.63. The quantitative estimate of drug-likeness (QED) is 0.500. The summed E-state index contributed by atoms with van der Waals surface area (Å²) in [6, 6.07) is 9.90. The van der Waals surface area contributed by atoms with E-state index in [1.54, 1.807) is 30.3 Å². The summed E-state index contributed by atoms with van der Waals surface area (Å²) in [4.78, 5) is 21.7. The van der Waals surface area contributed by atoms with Crippen LogP contribution in [0.4, 0.5) is 0 Å². The molecule has 0 spiro atoms. The molecule has 19 heavy (non-hydrogen) atoms. The normalized spacial score (nSPS) is 10.7. The zero-order chi connectivity index (χ0) is 13.8. The summed E-state index contributed by atoms with van der Waals surface area (Å²) in [5.74, 6) is -1.92. The van der Waals surface area contributed by atoms with E-state index in [0.29, 0.717) is 16.8 Å². The van der Waals surface area contributed by atoms with Gasteiger partial charge in [-0.15, -0.1) is 0 Å². The average Bonchev–Trinajstić information content (AvgIpc) is 2.36. The van der Waals surface area contributed by atoms with Crippen molar-refractivity contribution in [3.8, 4) is 11.5 Å². The van der Waals surface area contributed by atoms with Crippen molar-refractivity contribution in [1.29, 1.82) is 0 Å². The number of rotatable bonds is 3. The standard InChI is InChI=1S/C14H10O5/c15-10-7-9-3-1-2-4-11(9)12(8-10)19-14(18)6-5-13(16)17/h1-8,15H,(H,16,17)/b6-5+. The number of phenols is 1. The predicted molar refractivity (Wildman–Crippen MR) is 68.0 cm³/mol. The summed E-state index contributed by atoms with van der Waals surface area (Å²) in [6.45, 7) is 0. The van der Waals surface area contributed by atoms with Gasteiger partial charge in [-0.2, -0.15) is 0 Å². The molecule has 0 aromatic heterocycles. The monoisotopic (exact) mass is 258 g/mol. The molecule has 96 valence electrons. The van der Waals surface area contributed by atoms with Crippen LogP contribution < -0.4 is 4.74 Å². The van der Waals surface area contributed by atoms with Gasteiger partial charge in [0.25, 0.3) is 0 Å². The van der Waals surface area contributed by atoms with Crippen LogP contribution in [0.25, 0.3) is 10.8 Å². The molecule has 2 rings (SSSR count). The number of benzene rings is 2. The minimum absolute atomic E-state index is 0.0382. The van der Waals surface area contributed by atoms with Gasteiger partial charge in [-0.05, 0) is 11.5 Å². The number of carboxylic acids is 1. The SMILES string of the molecule is O=C(O)/C=C/C(=O)Oc1cc(O)cc2ccccc12. The molecule has 0 aliphatic carbocycles. The Labute approximate surface area is 108 Å². The Balaban J connectivity index is 2.35. The molecule has 0 aliphatic heterocycles. The van der Waals surface area contributed by atoms with Gasteiger partial charge in [0, 0.05) is 23.6 Å². The third-order valence-electron chi connectivity index (χ3n) is 2.38. The Kier molecular flexibility index (Phi) is 3.47. The molecular weight excluding hydrogens is 248 g/mol. The second kappa shape index (κ2) is 5.22. The molecule has 0 saturated carbocycles. The number of ether oxygens (including phenoxy) is 1. The van der Waals surface area contributed by atoms with Crippen LogP contribution in [0.3, 0.4) is 0 Å². The molecule has 0 amide bonds. The number of aliphatic carboxylic acids is 1. The number of carbonyl (C=O) groups is 2. The van der Waals surface area contributed by atoms with E-state index in [0.717, 1.165) is 6.08 Å². The number of esters is 1. The molecule has 2 N–H and O–H groups in total. The van der Waals surface area contributed by atoms with Crippen LogP contribution in [0.1, 0.15) is 0 Å². The highest BCUT2D eigenvalue weighted by atomic mass is 16.5. The van der Waals surface area contributed by atoms with E-state index in [9.17, 15) is 14.7 Å². The molecule has 0 unspecified atom stereocenters. The van der Waals surface area contributed by atoms with Crippen molar-refractivity contribution in [2.75, 3.05) is 0 Å². The first-order valence-electron chi connectivity index (χ1n) is 5.41. The summed E-state index contributed by atoms with van der Waals surface area (Å²) in [6.07, 6.45) is 1.49. The molecule has 0 saturated heterocycles. The van der Waals surface area contributed by atoms with E-state index in [2.05, 4.69) is 0 Å². The maximum absolute atomic E-state index is 11.4. The van der Waals surface area contributed by atoms with Crippen LogP contribution >= 0.6 is 0 Å². The number of hydrogen-bond acceptors (Lipinski definition) is 4. The first kappa shape index (κ1) is 12.6. The van der Waals surface area contributed by atoms with E-state index in [-0.39, 0.29) is 11.5 Å². The van der Waals surface area contributed by atoms with Crippen LogP contribution in [0.5, 0.6) is 11.5 Å². The largest absolute Gasteiger partial charge is 0.508 e. The van der Waals surface area contributed by atoms with Crippen molar-refractivity contribution in [3.05, 3.63) is 48.6 Å². The van der Waals surface area contributed by atoms with Gasteiger partial charge in [-0.3, -0.25) is 0 Å². The number of aromatic hydroxyl groups is 1. The average molecular weight is 258 g/mol. The lowest BCUT2D eigenvalue weighted by Crippen LogP contribution is -2.05. The highest BCUT2D eigenvalue weighted by molar-refractivity contribution is 5.95. The fraction of sp³-hybridized carbons (Fsp3) is 0. The Morgan fingerprint density at radius 3 is 2.58 bits per heavy atom. The maximum atomic E-state index is 11.4. The Morgan fingerprint density at radius 2 is 1.84 bits per heavy atom. The van der Waals surface area contributed by atoms with Crippen molar-refractivity contribution in [1.82, 2.24) is 0 Å². The van der Waals surface area contributed by atoms with Gasteiger partial charge in [0.15, 0.2) is 0 Å². The molecule has 5 nitrogen and oxygen atoms in total. The molecule has 0 bridgehead atoms. The van der Waals surface area contributed by atoms with Crippen LogP contribution in [0, 0.1) is 0 Å². The highest BCUT2D eigenvalue weighted by Crippen LogP contribution is 2.30. The van der Waals surface area contributed by atoms with E-state index in [1.165, 1.54) is 6.07 Å². The van der Waals surface area contributed by atoms with Gasteiger partial charge in [0.1, 0.15) is 11.5 Å². The summed E-state index contributed by atoms with van der Waals surface area (Å²) in [7, 11) is 0. The Hall–Kier alpha value is -2.82. The van der Waals surface area contributed by atoms with Gasteiger partial charge < -0.3 is 14.9 Å². The highest BCUT2D eigenvalue weighted by Gasteiger charge is 2.08. The third-order valence-corrected chi connectivity index (χ3v) is 2.38. The maximum Gasteiger partial charge on any atom is 0.336 e. The van der Waals surface area contributed by atoms with Gasteiger partial charge in [0.2, 0.25) is 0 Å². The van der Waals surface area contributed by atoms with Gasteiger partial charge >= 0.3 is 11.9 Å². The first-order chi connectivity index (χ1) is 9.06. The van der Waals surface area contributed by atoms with Crippen molar-refractivity contribution in [2.24, 2.45) is 0 Å². The zero-order valence-electron chi connectivity index (χ0n) is 9.74. The lowest BCUT2D eigenvalue weighted by atomic mass is 10.1. The van der Waals surface area contributed by atoms with Gasteiger partial charge in [-0.25, -0.2) is 9.59 Å². The summed E-state index contributed by atoms with van der Waals surface area (Å²) in [5.41, 5.74) is 0. The van der Waals surface area contributed by atoms with Crippen LogP contribution in [-0.2, 0) is 9.59 Å². The number of hydrogen-bond donors (Lipinski definition) is 2. The molecule has 0 fully saturated rings. The van der Waals surface area contributed by atoms with Crippen molar-refractivity contribution >= 4 is 22.7 Å². The van der Waals surface area contributed by atoms with Crippen LogP contribution in [-0.4, -0.2) is 22.2 Å². The topological polar surface area (TPSA) is 83.8 Å². The summed E-state index contributed by atoms with van der Waals surface area (Å²) < 4.78 is 5.01. The molecule has 0 radical (unpaired) electrons. The summed E-state index contributed by atoms with van der Waals surface area (Å²) in [5, 5.41) is 19.3. The van der Waals surface area contributed by atoms with E-state index in [1.807, 2.05) is 0 Å². The van der Waals surface area contributed by atoms with Crippen molar-refractivity contribution in [3.63, 3.8) is 0 Å². The predicted octanol–water partition coefficient (Wildman–Crippen LogP) is 2.09. The molecule has 5 heteroatoms. The number of phenolic OH excluding ortho intramolecular Hbond substituents is 1. The smallest absolute Gasteiger partial charge is 0.336 e. The zero-order valence-corrected chi connectivity index (χ0v) is 9.74. The van der Waals surface area contributed by atoms with E-state index < -0.39 is 11.9 Å². The summed E-state index contributed by atoms with van der Waals surface area (Å²) >= 11 is 0. The van der Waals surface area contributed by atoms with Crippen molar-refractivity contribution < 1.29 is 24.5 Å². The number of fused-ring (bicyclic) bond motifs is 1. The molecule has 0 atom stereocenters.